The molecule has 4 heteroatoms. The van der Waals surface area contributed by atoms with E-state index in [0.717, 1.165) is 25.1 Å². The number of hydrogen-bond donors (Lipinski definition) is 2. The van der Waals surface area contributed by atoms with Crippen molar-refractivity contribution in [1.82, 2.24) is 10.6 Å². The third kappa shape index (κ3) is 3.56. The Hall–Kier alpha value is -0.220. The van der Waals surface area contributed by atoms with E-state index in [1.807, 2.05) is 6.92 Å². The van der Waals surface area contributed by atoms with Gasteiger partial charge in [-0.25, -0.2) is 0 Å². The van der Waals surface area contributed by atoms with Crippen molar-refractivity contribution in [2.45, 2.75) is 31.8 Å². The van der Waals surface area contributed by atoms with Crippen LogP contribution in [0.1, 0.15) is 19.8 Å². The Labute approximate surface area is 84.0 Å². The zero-order valence-corrected chi connectivity index (χ0v) is 9.12. The summed E-state index contributed by atoms with van der Waals surface area (Å²) in [5.41, 5.74) is 0. The summed E-state index contributed by atoms with van der Waals surface area (Å²) in [5, 5.41) is 6.19. The van der Waals surface area contributed by atoms with Gasteiger partial charge in [-0.1, -0.05) is 0 Å². The summed E-state index contributed by atoms with van der Waals surface area (Å²) in [4.78, 5) is 11.5. The molecule has 0 aliphatic carbocycles. The predicted molar refractivity (Wildman–Crippen MR) is 57.0 cm³/mol. The summed E-state index contributed by atoms with van der Waals surface area (Å²) in [5.74, 6) is 1.15. The minimum atomic E-state index is 0.0595. The maximum atomic E-state index is 11.5. The lowest BCUT2D eigenvalue weighted by Crippen LogP contribution is -2.44. The first-order chi connectivity index (χ1) is 6.24. The molecule has 0 bridgehead atoms. The van der Waals surface area contributed by atoms with E-state index in [-0.39, 0.29) is 18.0 Å². The van der Waals surface area contributed by atoms with Crippen LogP contribution in [-0.2, 0) is 4.79 Å². The van der Waals surface area contributed by atoms with Crippen LogP contribution < -0.4 is 10.6 Å². The van der Waals surface area contributed by atoms with E-state index < -0.39 is 0 Å². The maximum absolute atomic E-state index is 11.5. The van der Waals surface area contributed by atoms with Gasteiger partial charge in [0.1, 0.15) is 0 Å². The van der Waals surface area contributed by atoms with Crippen molar-refractivity contribution in [2.24, 2.45) is 0 Å². The van der Waals surface area contributed by atoms with Crippen LogP contribution in [0.5, 0.6) is 0 Å². The quantitative estimate of drug-likeness (QED) is 0.701. The van der Waals surface area contributed by atoms with Gasteiger partial charge in [0.25, 0.3) is 0 Å². The summed E-state index contributed by atoms with van der Waals surface area (Å²) in [6.45, 7) is 3.03. The largest absolute Gasteiger partial charge is 0.351 e. The fourth-order valence-electron chi connectivity index (χ4n) is 1.54. The van der Waals surface area contributed by atoms with Gasteiger partial charge in [0.15, 0.2) is 0 Å². The summed E-state index contributed by atoms with van der Waals surface area (Å²) < 4.78 is 0. The van der Waals surface area contributed by atoms with Crippen LogP contribution in [0.2, 0.25) is 0 Å². The molecule has 0 saturated carbocycles. The average Bonchev–Trinajstić information content (AvgIpc) is 2.55. The van der Waals surface area contributed by atoms with E-state index in [2.05, 4.69) is 16.9 Å². The van der Waals surface area contributed by atoms with Crippen LogP contribution in [-0.4, -0.2) is 36.5 Å². The second-order valence-corrected chi connectivity index (χ2v) is 4.42. The van der Waals surface area contributed by atoms with E-state index in [0.29, 0.717) is 0 Å². The molecule has 0 radical (unpaired) electrons. The van der Waals surface area contributed by atoms with Crippen LogP contribution in [0.4, 0.5) is 0 Å². The monoisotopic (exact) mass is 202 g/mol. The third-order valence-corrected chi connectivity index (χ3v) is 3.02. The lowest BCUT2D eigenvalue weighted by Gasteiger charge is -2.16. The number of nitrogens with one attached hydrogen (secondary N) is 2. The van der Waals surface area contributed by atoms with Gasteiger partial charge in [-0.2, -0.15) is 11.8 Å². The Morgan fingerprint density at radius 3 is 3.08 bits per heavy atom. The molecule has 1 heterocycles. The van der Waals surface area contributed by atoms with Gasteiger partial charge in [0.05, 0.1) is 6.04 Å². The van der Waals surface area contributed by atoms with Gasteiger partial charge in [0.2, 0.25) is 5.91 Å². The molecule has 1 saturated heterocycles. The van der Waals surface area contributed by atoms with Crippen LogP contribution in [0, 0.1) is 0 Å². The van der Waals surface area contributed by atoms with E-state index in [1.54, 1.807) is 11.8 Å². The van der Waals surface area contributed by atoms with Gasteiger partial charge in [-0.15, -0.1) is 0 Å². The average molecular weight is 202 g/mol. The van der Waals surface area contributed by atoms with Crippen LogP contribution in [0.25, 0.3) is 0 Å². The normalized spacial score (nSPS) is 24.3. The molecule has 0 spiro atoms. The van der Waals surface area contributed by atoms with Crippen molar-refractivity contribution in [3.8, 4) is 0 Å². The molecule has 0 aromatic heterocycles. The van der Waals surface area contributed by atoms with Gasteiger partial charge >= 0.3 is 0 Å². The van der Waals surface area contributed by atoms with E-state index in [9.17, 15) is 4.79 Å². The number of hydrogen-bond acceptors (Lipinski definition) is 3. The molecule has 1 unspecified atom stereocenters. The molecule has 0 aromatic rings. The van der Waals surface area contributed by atoms with E-state index in [1.165, 1.54) is 0 Å². The highest BCUT2D eigenvalue weighted by Gasteiger charge is 2.22. The zero-order valence-electron chi connectivity index (χ0n) is 8.30. The first-order valence-corrected chi connectivity index (χ1v) is 6.16. The first-order valence-electron chi connectivity index (χ1n) is 4.76. The number of rotatable bonds is 4. The fraction of sp³-hybridized carbons (Fsp3) is 0.889. The Morgan fingerprint density at radius 2 is 2.54 bits per heavy atom. The lowest BCUT2D eigenvalue weighted by molar-refractivity contribution is -0.123. The maximum Gasteiger partial charge on any atom is 0.237 e. The zero-order chi connectivity index (χ0) is 9.68. The highest BCUT2D eigenvalue weighted by molar-refractivity contribution is 7.98. The highest BCUT2D eigenvalue weighted by Crippen LogP contribution is 2.05. The molecule has 76 valence electrons. The van der Waals surface area contributed by atoms with Gasteiger partial charge in [-0.3, -0.25) is 4.79 Å². The van der Waals surface area contributed by atoms with Crippen molar-refractivity contribution in [3.05, 3.63) is 0 Å². The first kappa shape index (κ1) is 10.9. The van der Waals surface area contributed by atoms with Crippen molar-refractivity contribution in [1.29, 1.82) is 0 Å². The topological polar surface area (TPSA) is 41.1 Å². The number of thioether (sulfide) groups is 1. The van der Waals surface area contributed by atoms with Crippen molar-refractivity contribution in [3.63, 3.8) is 0 Å². The summed E-state index contributed by atoms with van der Waals surface area (Å²) in [7, 11) is 0. The second-order valence-electron chi connectivity index (χ2n) is 3.51. The van der Waals surface area contributed by atoms with Crippen LogP contribution in [0.15, 0.2) is 0 Å². The minimum absolute atomic E-state index is 0.0595. The van der Waals surface area contributed by atoms with Gasteiger partial charge in [0, 0.05) is 11.8 Å². The molecule has 0 aromatic carbocycles. The highest BCUT2D eigenvalue weighted by atomic mass is 32.2. The lowest BCUT2D eigenvalue weighted by atomic mass is 10.2. The van der Waals surface area contributed by atoms with Crippen molar-refractivity contribution >= 4 is 17.7 Å². The van der Waals surface area contributed by atoms with Gasteiger partial charge < -0.3 is 10.6 Å². The SMILES string of the molecule is CSCC(C)NC(=O)[C@H]1CCCN1. The third-order valence-electron chi connectivity index (χ3n) is 2.18. The fourth-order valence-corrected chi connectivity index (χ4v) is 2.13. The minimum Gasteiger partial charge on any atom is -0.351 e. The molecule has 1 aliphatic rings. The summed E-state index contributed by atoms with van der Waals surface area (Å²) >= 11 is 1.76. The number of carbonyl (C=O) groups excluding carboxylic acids is 1. The molecule has 3 nitrogen and oxygen atoms in total. The molecule has 1 fully saturated rings. The Bertz CT molecular complexity index is 169. The Kier molecular flexibility index (Phi) is 4.59. The summed E-state index contributed by atoms with van der Waals surface area (Å²) in [6, 6.07) is 0.342. The van der Waals surface area contributed by atoms with E-state index >= 15 is 0 Å². The van der Waals surface area contributed by atoms with Crippen LogP contribution >= 0.6 is 11.8 Å². The molecular formula is C9H18N2OS. The number of carbonyl (C=O) groups is 1. The van der Waals surface area contributed by atoms with Crippen LogP contribution in [0.3, 0.4) is 0 Å². The van der Waals surface area contributed by atoms with Crippen molar-refractivity contribution in [2.75, 3.05) is 18.6 Å². The Morgan fingerprint density at radius 1 is 1.77 bits per heavy atom. The predicted octanol–water partition coefficient (Wildman–Crippen LogP) is 0.606. The Balaban J connectivity index is 2.23. The second kappa shape index (κ2) is 5.50. The molecule has 2 atom stereocenters. The molecule has 13 heavy (non-hydrogen) atoms. The molecule has 1 aliphatic heterocycles. The smallest absolute Gasteiger partial charge is 0.237 e. The molecule has 1 amide bonds. The molecule has 1 rings (SSSR count). The molecule has 2 N–H and O–H groups in total. The standard InChI is InChI=1S/C9H18N2OS/c1-7(6-13-2)11-9(12)8-4-3-5-10-8/h7-8,10H,3-6H2,1-2H3,(H,11,12)/t7?,8-/m1/s1. The summed E-state index contributed by atoms with van der Waals surface area (Å²) in [6.07, 6.45) is 4.16. The number of amides is 1. The van der Waals surface area contributed by atoms with Crippen molar-refractivity contribution < 1.29 is 4.79 Å². The molecular weight excluding hydrogens is 184 g/mol. The van der Waals surface area contributed by atoms with Gasteiger partial charge in [-0.05, 0) is 32.6 Å². The van der Waals surface area contributed by atoms with E-state index in [4.69, 9.17) is 0 Å².